The quantitative estimate of drug-likeness (QED) is 0.870. The average Bonchev–Trinajstić information content (AvgIpc) is 2.30. The molecule has 4 nitrogen and oxygen atoms in total. The molecule has 18 heavy (non-hydrogen) atoms. The maximum atomic E-state index is 11.8. The van der Waals surface area contributed by atoms with E-state index in [1.54, 1.807) is 12.4 Å². The van der Waals surface area contributed by atoms with Crippen molar-refractivity contribution in [2.75, 3.05) is 6.54 Å². The minimum absolute atomic E-state index is 0. The van der Waals surface area contributed by atoms with Crippen LogP contribution in [0.3, 0.4) is 0 Å². The second-order valence-corrected chi connectivity index (χ2v) is 4.68. The van der Waals surface area contributed by atoms with Crippen LogP contribution in [-0.4, -0.2) is 29.5 Å². The summed E-state index contributed by atoms with van der Waals surface area (Å²) in [6.45, 7) is 3.14. The predicted octanol–water partition coefficient (Wildman–Crippen LogP) is 1.30. The highest BCUT2D eigenvalue weighted by Gasteiger charge is 2.19. The fourth-order valence-electron chi connectivity index (χ4n) is 2.23. The summed E-state index contributed by atoms with van der Waals surface area (Å²) in [4.78, 5) is 15.8. The number of piperidine rings is 1. The molecular formula is C13H20ClN3O. The van der Waals surface area contributed by atoms with Crippen LogP contribution in [0.4, 0.5) is 0 Å². The Kier molecular flexibility index (Phi) is 6.09. The van der Waals surface area contributed by atoms with Crippen LogP contribution in [0.2, 0.25) is 0 Å². The van der Waals surface area contributed by atoms with Crippen LogP contribution >= 0.6 is 12.4 Å². The third-order valence-electron chi connectivity index (χ3n) is 3.08. The number of carbonyl (C=O) groups is 1. The highest BCUT2D eigenvalue weighted by molar-refractivity contribution is 5.85. The zero-order valence-electron chi connectivity index (χ0n) is 10.6. The molecule has 0 saturated carbocycles. The lowest BCUT2D eigenvalue weighted by Gasteiger charge is -2.28. The van der Waals surface area contributed by atoms with Crippen molar-refractivity contribution < 1.29 is 4.79 Å². The minimum atomic E-state index is 0. The van der Waals surface area contributed by atoms with E-state index in [1.165, 1.54) is 0 Å². The van der Waals surface area contributed by atoms with E-state index in [0.717, 1.165) is 24.9 Å². The first-order chi connectivity index (χ1) is 8.24. The summed E-state index contributed by atoms with van der Waals surface area (Å²) in [5, 5.41) is 6.46. The van der Waals surface area contributed by atoms with Gasteiger partial charge in [-0.15, -0.1) is 12.4 Å². The van der Waals surface area contributed by atoms with Crippen LogP contribution in [-0.2, 0) is 11.2 Å². The Morgan fingerprint density at radius 1 is 1.61 bits per heavy atom. The Balaban J connectivity index is 0.00000162. The molecule has 1 saturated heterocycles. The first-order valence-electron chi connectivity index (χ1n) is 6.15. The van der Waals surface area contributed by atoms with Crippen LogP contribution in [0.5, 0.6) is 0 Å². The molecule has 1 amide bonds. The Bertz CT molecular complexity index is 372. The first kappa shape index (κ1) is 14.9. The van der Waals surface area contributed by atoms with Crippen molar-refractivity contribution in [1.29, 1.82) is 0 Å². The number of pyridine rings is 1. The van der Waals surface area contributed by atoms with Crippen molar-refractivity contribution in [2.24, 2.45) is 0 Å². The van der Waals surface area contributed by atoms with Crippen molar-refractivity contribution in [1.82, 2.24) is 15.6 Å². The molecule has 1 aromatic heterocycles. The Labute approximate surface area is 114 Å². The van der Waals surface area contributed by atoms with E-state index in [-0.39, 0.29) is 18.3 Å². The lowest BCUT2D eigenvalue weighted by atomic mass is 10.0. The number of rotatable bonds is 3. The lowest BCUT2D eigenvalue weighted by molar-refractivity contribution is -0.121. The molecule has 5 heteroatoms. The van der Waals surface area contributed by atoms with Gasteiger partial charge >= 0.3 is 0 Å². The number of hydrogen-bond donors (Lipinski definition) is 2. The number of hydrogen-bond acceptors (Lipinski definition) is 3. The molecule has 2 atom stereocenters. The predicted molar refractivity (Wildman–Crippen MR) is 73.8 cm³/mol. The number of aromatic nitrogens is 1. The second kappa shape index (κ2) is 7.34. The maximum Gasteiger partial charge on any atom is 0.224 e. The Hall–Kier alpha value is -1.13. The molecule has 2 N–H and O–H groups in total. The summed E-state index contributed by atoms with van der Waals surface area (Å²) in [5.41, 5.74) is 0.965. The third kappa shape index (κ3) is 4.63. The van der Waals surface area contributed by atoms with Gasteiger partial charge in [-0.25, -0.2) is 0 Å². The van der Waals surface area contributed by atoms with E-state index >= 15 is 0 Å². The van der Waals surface area contributed by atoms with Crippen molar-refractivity contribution >= 4 is 18.3 Å². The van der Waals surface area contributed by atoms with E-state index in [4.69, 9.17) is 0 Å². The number of amides is 1. The molecule has 0 aromatic carbocycles. The van der Waals surface area contributed by atoms with Crippen LogP contribution in [0.1, 0.15) is 25.3 Å². The molecule has 1 fully saturated rings. The van der Waals surface area contributed by atoms with Gasteiger partial charge in [-0.1, -0.05) is 6.07 Å². The largest absolute Gasteiger partial charge is 0.353 e. The molecule has 1 aromatic rings. The summed E-state index contributed by atoms with van der Waals surface area (Å²) in [6.07, 6.45) is 5.91. The van der Waals surface area contributed by atoms with Gasteiger partial charge < -0.3 is 10.6 Å². The minimum Gasteiger partial charge on any atom is -0.353 e. The third-order valence-corrected chi connectivity index (χ3v) is 3.08. The first-order valence-corrected chi connectivity index (χ1v) is 6.15. The molecule has 2 unspecified atom stereocenters. The summed E-state index contributed by atoms with van der Waals surface area (Å²) in [7, 11) is 0. The Morgan fingerprint density at radius 2 is 2.44 bits per heavy atom. The molecular weight excluding hydrogens is 250 g/mol. The van der Waals surface area contributed by atoms with Gasteiger partial charge in [-0.05, 0) is 37.9 Å². The number of halogens is 1. The molecule has 2 rings (SSSR count). The van der Waals surface area contributed by atoms with Gasteiger partial charge in [0.25, 0.3) is 0 Å². The van der Waals surface area contributed by atoms with Gasteiger partial charge in [0.2, 0.25) is 5.91 Å². The van der Waals surface area contributed by atoms with E-state index in [1.807, 2.05) is 12.1 Å². The summed E-state index contributed by atoms with van der Waals surface area (Å²) >= 11 is 0. The summed E-state index contributed by atoms with van der Waals surface area (Å²) < 4.78 is 0. The van der Waals surface area contributed by atoms with Gasteiger partial charge in [-0.3, -0.25) is 9.78 Å². The van der Waals surface area contributed by atoms with Gasteiger partial charge in [0, 0.05) is 24.5 Å². The molecule has 0 spiro atoms. The van der Waals surface area contributed by atoms with Crippen LogP contribution in [0.25, 0.3) is 0 Å². The van der Waals surface area contributed by atoms with Gasteiger partial charge in [0.15, 0.2) is 0 Å². The fraction of sp³-hybridized carbons (Fsp3) is 0.538. The van der Waals surface area contributed by atoms with Crippen molar-refractivity contribution in [3.63, 3.8) is 0 Å². The number of carbonyl (C=O) groups excluding carboxylic acids is 1. The molecule has 2 heterocycles. The average molecular weight is 270 g/mol. The number of nitrogens with one attached hydrogen (secondary N) is 2. The normalized spacial score (nSPS) is 22.9. The standard InChI is InChI=1S/C13H19N3O.ClH/c1-10-7-12(4-6-15-10)16-13(17)8-11-3-2-5-14-9-11;/h2-3,5,9-10,12,15H,4,6-8H2,1H3,(H,16,17);1H. The highest BCUT2D eigenvalue weighted by atomic mass is 35.5. The molecule has 0 aliphatic carbocycles. The van der Waals surface area contributed by atoms with Crippen LogP contribution < -0.4 is 10.6 Å². The molecule has 1 aliphatic rings. The zero-order chi connectivity index (χ0) is 12.1. The van der Waals surface area contributed by atoms with Gasteiger partial charge in [0.05, 0.1) is 6.42 Å². The fourth-order valence-corrected chi connectivity index (χ4v) is 2.23. The molecule has 1 aliphatic heterocycles. The zero-order valence-corrected chi connectivity index (χ0v) is 11.4. The maximum absolute atomic E-state index is 11.8. The molecule has 100 valence electrons. The molecule has 0 bridgehead atoms. The van der Waals surface area contributed by atoms with Crippen LogP contribution in [0.15, 0.2) is 24.5 Å². The van der Waals surface area contributed by atoms with Crippen molar-refractivity contribution in [3.05, 3.63) is 30.1 Å². The van der Waals surface area contributed by atoms with Gasteiger partial charge in [-0.2, -0.15) is 0 Å². The van der Waals surface area contributed by atoms with Crippen molar-refractivity contribution in [2.45, 2.75) is 38.3 Å². The monoisotopic (exact) mass is 269 g/mol. The van der Waals surface area contributed by atoms with Crippen molar-refractivity contribution in [3.8, 4) is 0 Å². The van der Waals surface area contributed by atoms with E-state index in [0.29, 0.717) is 18.5 Å². The smallest absolute Gasteiger partial charge is 0.224 e. The van der Waals surface area contributed by atoms with E-state index < -0.39 is 0 Å². The summed E-state index contributed by atoms with van der Waals surface area (Å²) in [5.74, 6) is 0.0945. The Morgan fingerprint density at radius 3 is 3.11 bits per heavy atom. The van der Waals surface area contributed by atoms with Gasteiger partial charge in [0.1, 0.15) is 0 Å². The highest BCUT2D eigenvalue weighted by Crippen LogP contribution is 2.08. The van der Waals surface area contributed by atoms with E-state index in [9.17, 15) is 4.79 Å². The molecule has 0 radical (unpaired) electrons. The number of nitrogens with zero attached hydrogens (tertiary/aromatic N) is 1. The SMILES string of the molecule is CC1CC(NC(=O)Cc2cccnc2)CCN1.Cl. The summed E-state index contributed by atoms with van der Waals surface area (Å²) in [6, 6.07) is 4.59. The van der Waals surface area contributed by atoms with E-state index in [2.05, 4.69) is 22.5 Å². The lowest BCUT2D eigenvalue weighted by Crippen LogP contribution is -2.46. The second-order valence-electron chi connectivity index (χ2n) is 4.68. The van der Waals surface area contributed by atoms with Crippen LogP contribution in [0, 0.1) is 0 Å². The topological polar surface area (TPSA) is 54.0 Å².